The smallest absolute Gasteiger partial charge is 0.229 e. The molecule has 0 bridgehead atoms. The van der Waals surface area contributed by atoms with Gasteiger partial charge < -0.3 is 4.74 Å². The molecule has 1 aromatic heterocycles. The van der Waals surface area contributed by atoms with Crippen LogP contribution in [0.2, 0.25) is 5.02 Å². The predicted octanol–water partition coefficient (Wildman–Crippen LogP) is 5.80. The fraction of sp³-hybridized carbons (Fsp3) is 0.440. The lowest BCUT2D eigenvalue weighted by Crippen LogP contribution is -2.39. The Kier molecular flexibility index (Phi) is 8.66. The average molecular weight is 504 g/mol. The Hall–Kier alpha value is -1.64. The number of ether oxygens (including phenoxy) is 1. The van der Waals surface area contributed by atoms with Crippen molar-refractivity contribution in [3.8, 4) is 0 Å². The lowest BCUT2D eigenvalue weighted by Gasteiger charge is -2.27. The molecule has 1 aliphatic rings. The summed E-state index contributed by atoms with van der Waals surface area (Å²) in [6, 6.07) is 12.3. The molecule has 4 rings (SSSR count). The fourth-order valence-corrected chi connectivity index (χ4v) is 6.04. The Morgan fingerprint density at radius 1 is 1.18 bits per heavy atom. The van der Waals surface area contributed by atoms with Crippen LogP contribution >= 0.6 is 34.7 Å². The molecule has 0 unspecified atom stereocenters. The number of fused-ring (bicyclic) bond motifs is 1. The molecule has 176 valence electrons. The maximum Gasteiger partial charge on any atom is 0.229 e. The van der Waals surface area contributed by atoms with E-state index in [4.69, 9.17) is 21.3 Å². The van der Waals surface area contributed by atoms with Crippen molar-refractivity contribution in [1.29, 1.82) is 0 Å². The molecule has 2 aromatic carbocycles. The second-order valence-corrected chi connectivity index (χ2v) is 10.9. The van der Waals surface area contributed by atoms with Crippen molar-refractivity contribution in [2.45, 2.75) is 31.6 Å². The first kappa shape index (κ1) is 24.5. The van der Waals surface area contributed by atoms with Crippen LogP contribution in [0.5, 0.6) is 0 Å². The molecule has 33 heavy (non-hydrogen) atoms. The highest BCUT2D eigenvalue weighted by molar-refractivity contribution is 7.99. The van der Waals surface area contributed by atoms with Crippen LogP contribution in [0.25, 0.3) is 10.2 Å². The first-order chi connectivity index (χ1) is 16.0. The zero-order chi connectivity index (χ0) is 23.2. The summed E-state index contributed by atoms with van der Waals surface area (Å²) in [5.41, 5.74) is 3.21. The molecule has 0 N–H and O–H groups in total. The third-order valence-electron chi connectivity index (χ3n) is 5.78. The molecule has 8 heteroatoms. The van der Waals surface area contributed by atoms with Crippen LogP contribution in [-0.2, 0) is 9.53 Å². The minimum Gasteiger partial charge on any atom is -0.379 e. The molecule has 0 radical (unpaired) electrons. The molecule has 3 aromatic rings. The van der Waals surface area contributed by atoms with Crippen LogP contribution in [0, 0.1) is 13.8 Å². The number of thiazole rings is 1. The minimum atomic E-state index is 0.115. The van der Waals surface area contributed by atoms with Gasteiger partial charge in [0, 0.05) is 43.2 Å². The summed E-state index contributed by atoms with van der Waals surface area (Å²) < 4.78 is 6.40. The largest absolute Gasteiger partial charge is 0.379 e. The molecule has 5 nitrogen and oxygen atoms in total. The summed E-state index contributed by atoms with van der Waals surface area (Å²) in [6.45, 7) is 9.21. The van der Waals surface area contributed by atoms with E-state index in [0.717, 1.165) is 65.9 Å². The lowest BCUT2D eigenvalue weighted by molar-refractivity contribution is -0.118. The number of nitrogens with zero attached hydrogens (tertiary/aromatic N) is 3. The molecule has 0 aliphatic carbocycles. The van der Waals surface area contributed by atoms with E-state index in [9.17, 15) is 4.79 Å². The summed E-state index contributed by atoms with van der Waals surface area (Å²) >= 11 is 9.67. The number of halogens is 1. The standard InChI is InChI=1S/C25H30ClN3O2S2/c1-18-4-7-20(8-5-18)32-17-10-22(30)29(12-3-11-28-13-15-31-16-14-28)25-27-23-19(2)6-9-21(26)24(23)33-25/h4-9H,3,10-17H2,1-2H3. The second-order valence-electron chi connectivity index (χ2n) is 8.30. The van der Waals surface area contributed by atoms with Crippen molar-refractivity contribution in [3.05, 3.63) is 52.5 Å². The highest BCUT2D eigenvalue weighted by Gasteiger charge is 2.21. The first-order valence-corrected chi connectivity index (χ1v) is 13.5. The van der Waals surface area contributed by atoms with Gasteiger partial charge in [0.2, 0.25) is 5.91 Å². The maximum absolute atomic E-state index is 13.3. The number of amides is 1. The summed E-state index contributed by atoms with van der Waals surface area (Å²) in [6.07, 6.45) is 1.37. The van der Waals surface area contributed by atoms with Crippen LogP contribution < -0.4 is 4.90 Å². The Bertz CT molecular complexity index is 1040. The van der Waals surface area contributed by atoms with Crippen molar-refractivity contribution >= 4 is 56.0 Å². The number of thioether (sulfide) groups is 1. The van der Waals surface area contributed by atoms with Gasteiger partial charge in [-0.1, -0.05) is 46.7 Å². The van der Waals surface area contributed by atoms with Gasteiger partial charge in [0.05, 0.1) is 28.5 Å². The Labute approximate surface area is 209 Å². The lowest BCUT2D eigenvalue weighted by atomic mass is 10.2. The van der Waals surface area contributed by atoms with Gasteiger partial charge in [-0.05, 0) is 44.0 Å². The van der Waals surface area contributed by atoms with E-state index < -0.39 is 0 Å². The van der Waals surface area contributed by atoms with Crippen LogP contribution in [-0.4, -0.2) is 60.9 Å². The number of morpholine rings is 1. The normalized spacial score (nSPS) is 14.6. The molecule has 1 saturated heterocycles. The molecule has 0 atom stereocenters. The number of benzene rings is 2. The number of hydrogen-bond donors (Lipinski definition) is 0. The summed E-state index contributed by atoms with van der Waals surface area (Å²) in [7, 11) is 0. The molecule has 1 amide bonds. The van der Waals surface area contributed by atoms with Crippen LogP contribution in [0.1, 0.15) is 24.0 Å². The summed E-state index contributed by atoms with van der Waals surface area (Å²) in [5, 5.41) is 1.43. The van der Waals surface area contributed by atoms with E-state index in [0.29, 0.717) is 18.0 Å². The van der Waals surface area contributed by atoms with E-state index in [2.05, 4.69) is 36.1 Å². The van der Waals surface area contributed by atoms with Gasteiger partial charge in [-0.15, -0.1) is 11.8 Å². The van der Waals surface area contributed by atoms with Crippen molar-refractivity contribution in [1.82, 2.24) is 9.88 Å². The number of rotatable bonds is 9. The molecule has 0 spiro atoms. The number of aromatic nitrogens is 1. The number of hydrogen-bond acceptors (Lipinski definition) is 6. The van der Waals surface area contributed by atoms with Gasteiger partial charge in [0.1, 0.15) is 0 Å². The van der Waals surface area contributed by atoms with E-state index in [1.165, 1.54) is 21.8 Å². The van der Waals surface area contributed by atoms with Crippen molar-refractivity contribution < 1.29 is 9.53 Å². The Morgan fingerprint density at radius 3 is 2.67 bits per heavy atom. The van der Waals surface area contributed by atoms with Gasteiger partial charge in [-0.2, -0.15) is 0 Å². The summed E-state index contributed by atoms with van der Waals surface area (Å²) in [5.74, 6) is 0.858. The van der Waals surface area contributed by atoms with Crippen LogP contribution in [0.4, 0.5) is 5.13 Å². The van der Waals surface area contributed by atoms with Gasteiger partial charge in [-0.3, -0.25) is 14.6 Å². The van der Waals surface area contributed by atoms with Crippen LogP contribution in [0.15, 0.2) is 41.3 Å². The molecule has 2 heterocycles. The van der Waals surface area contributed by atoms with Gasteiger partial charge in [0.25, 0.3) is 0 Å². The van der Waals surface area contributed by atoms with Gasteiger partial charge in [-0.25, -0.2) is 4.98 Å². The predicted molar refractivity (Wildman–Crippen MR) is 140 cm³/mol. The van der Waals surface area contributed by atoms with Gasteiger partial charge in [0.15, 0.2) is 5.13 Å². The number of carbonyl (C=O) groups excluding carboxylic acids is 1. The van der Waals surface area contributed by atoms with Crippen LogP contribution in [0.3, 0.4) is 0 Å². The van der Waals surface area contributed by atoms with E-state index in [1.807, 2.05) is 24.0 Å². The average Bonchev–Trinajstić information content (AvgIpc) is 3.27. The second kappa shape index (κ2) is 11.7. The van der Waals surface area contributed by atoms with E-state index >= 15 is 0 Å². The topological polar surface area (TPSA) is 45.7 Å². The van der Waals surface area contributed by atoms with Crippen molar-refractivity contribution in [3.63, 3.8) is 0 Å². The number of aryl methyl sites for hydroxylation is 2. The fourth-order valence-electron chi connectivity index (χ4n) is 3.84. The summed E-state index contributed by atoms with van der Waals surface area (Å²) in [4.78, 5) is 23.6. The molecule has 0 saturated carbocycles. The van der Waals surface area contributed by atoms with Gasteiger partial charge >= 0.3 is 0 Å². The molecule has 1 aliphatic heterocycles. The van der Waals surface area contributed by atoms with E-state index in [1.54, 1.807) is 11.8 Å². The monoisotopic (exact) mass is 503 g/mol. The Morgan fingerprint density at radius 2 is 1.94 bits per heavy atom. The molecular formula is C25H30ClN3O2S2. The highest BCUT2D eigenvalue weighted by Crippen LogP contribution is 2.36. The zero-order valence-electron chi connectivity index (χ0n) is 19.2. The SMILES string of the molecule is Cc1ccc(SCCC(=O)N(CCCN2CCOCC2)c2nc3c(C)ccc(Cl)c3s2)cc1. The highest BCUT2D eigenvalue weighted by atomic mass is 35.5. The molecule has 1 fully saturated rings. The minimum absolute atomic E-state index is 0.115. The Balaban J connectivity index is 1.45. The number of carbonyl (C=O) groups is 1. The molecular weight excluding hydrogens is 474 g/mol. The van der Waals surface area contributed by atoms with Crippen molar-refractivity contribution in [2.24, 2.45) is 0 Å². The maximum atomic E-state index is 13.3. The zero-order valence-corrected chi connectivity index (χ0v) is 21.6. The third kappa shape index (κ3) is 6.49. The first-order valence-electron chi connectivity index (χ1n) is 11.4. The van der Waals surface area contributed by atoms with Crippen molar-refractivity contribution in [2.75, 3.05) is 50.0 Å². The quantitative estimate of drug-likeness (QED) is 0.345. The number of anilines is 1. The van der Waals surface area contributed by atoms with E-state index in [-0.39, 0.29) is 5.91 Å². The third-order valence-corrected chi connectivity index (χ3v) is 8.34.